The largest absolute Gasteiger partial charge is 0.326 e. The molecule has 1 atom stereocenters. The predicted molar refractivity (Wildman–Crippen MR) is 55.8 cm³/mol. The van der Waals surface area contributed by atoms with Gasteiger partial charge in [-0.15, -0.1) is 0 Å². The third-order valence-electron chi connectivity index (χ3n) is 2.80. The molecule has 0 spiro atoms. The van der Waals surface area contributed by atoms with E-state index in [-0.39, 0.29) is 0 Å². The van der Waals surface area contributed by atoms with Gasteiger partial charge in [-0.2, -0.15) is 5.10 Å². The summed E-state index contributed by atoms with van der Waals surface area (Å²) in [6.07, 6.45) is 3.00. The van der Waals surface area contributed by atoms with Crippen molar-refractivity contribution in [2.24, 2.45) is 5.73 Å². The number of likely N-dealkylation sites (tertiary alicyclic amines) is 1. The van der Waals surface area contributed by atoms with E-state index in [4.69, 9.17) is 5.73 Å². The summed E-state index contributed by atoms with van der Waals surface area (Å²) in [5.74, 6) is 0. The van der Waals surface area contributed by atoms with Crippen LogP contribution < -0.4 is 5.73 Å². The lowest BCUT2D eigenvalue weighted by Crippen LogP contribution is -2.27. The van der Waals surface area contributed by atoms with Gasteiger partial charge in [0.15, 0.2) is 0 Å². The van der Waals surface area contributed by atoms with Crippen LogP contribution in [0.2, 0.25) is 0 Å². The van der Waals surface area contributed by atoms with Crippen LogP contribution >= 0.6 is 0 Å². The van der Waals surface area contributed by atoms with E-state index in [0.717, 1.165) is 32.6 Å². The Kier molecular flexibility index (Phi) is 2.84. The number of aromatic nitrogens is 2. The summed E-state index contributed by atoms with van der Waals surface area (Å²) >= 11 is 0. The number of rotatable bonds is 3. The van der Waals surface area contributed by atoms with E-state index in [9.17, 15) is 0 Å². The molecule has 4 heteroatoms. The molecular weight excluding hydrogens is 176 g/mol. The molecule has 0 radical (unpaired) electrons. The minimum atomic E-state index is 0.369. The summed E-state index contributed by atoms with van der Waals surface area (Å²) in [6.45, 7) is 6.20. The third kappa shape index (κ3) is 1.96. The van der Waals surface area contributed by atoms with Crippen molar-refractivity contribution >= 4 is 0 Å². The lowest BCUT2D eigenvalue weighted by atomic mass is 10.3. The zero-order valence-corrected chi connectivity index (χ0v) is 8.69. The van der Waals surface area contributed by atoms with Gasteiger partial charge in [0.1, 0.15) is 0 Å². The summed E-state index contributed by atoms with van der Waals surface area (Å²) < 4.78 is 2.05. The van der Waals surface area contributed by atoms with Gasteiger partial charge >= 0.3 is 0 Å². The van der Waals surface area contributed by atoms with Crippen molar-refractivity contribution in [1.29, 1.82) is 0 Å². The first-order chi connectivity index (χ1) is 6.79. The molecule has 0 unspecified atom stereocenters. The predicted octanol–water partition coefficient (Wildman–Crippen LogP) is 0.436. The molecular formula is C10H18N4. The minimum absolute atomic E-state index is 0.369. The van der Waals surface area contributed by atoms with Crippen molar-refractivity contribution in [1.82, 2.24) is 14.7 Å². The average Bonchev–Trinajstić information content (AvgIpc) is 2.76. The van der Waals surface area contributed by atoms with Gasteiger partial charge in [0, 0.05) is 38.4 Å². The maximum Gasteiger partial charge on any atom is 0.0524 e. The second kappa shape index (κ2) is 4.11. The molecule has 0 bridgehead atoms. The standard InChI is InChI=1S/C10H18N4/c1-2-14-10(3-5-12-14)8-13-6-4-9(11)7-13/h3,5,9H,2,4,6-8,11H2,1H3/t9-/m1/s1. The van der Waals surface area contributed by atoms with Crippen LogP contribution in [0.25, 0.3) is 0 Å². The maximum absolute atomic E-state index is 5.86. The highest BCUT2D eigenvalue weighted by atomic mass is 15.3. The molecule has 0 saturated carbocycles. The van der Waals surface area contributed by atoms with Gasteiger partial charge in [-0.3, -0.25) is 9.58 Å². The molecule has 2 N–H and O–H groups in total. The Morgan fingerprint density at radius 1 is 1.64 bits per heavy atom. The fourth-order valence-corrected chi connectivity index (χ4v) is 2.01. The molecule has 1 aliphatic rings. The Bertz CT molecular complexity index is 294. The Hall–Kier alpha value is -0.870. The molecule has 14 heavy (non-hydrogen) atoms. The molecule has 78 valence electrons. The van der Waals surface area contributed by atoms with Gasteiger partial charge < -0.3 is 5.73 Å². The zero-order valence-electron chi connectivity index (χ0n) is 8.69. The fourth-order valence-electron chi connectivity index (χ4n) is 2.01. The first kappa shape index (κ1) is 9.68. The van der Waals surface area contributed by atoms with E-state index in [1.807, 2.05) is 10.9 Å². The lowest BCUT2D eigenvalue weighted by molar-refractivity contribution is 0.315. The quantitative estimate of drug-likeness (QED) is 0.759. The highest BCUT2D eigenvalue weighted by molar-refractivity contribution is 5.01. The van der Waals surface area contributed by atoms with Crippen LogP contribution in [0, 0.1) is 0 Å². The number of nitrogens with zero attached hydrogens (tertiary/aromatic N) is 3. The van der Waals surface area contributed by atoms with Crippen LogP contribution in [0.3, 0.4) is 0 Å². The van der Waals surface area contributed by atoms with E-state index < -0.39 is 0 Å². The first-order valence-electron chi connectivity index (χ1n) is 5.28. The molecule has 4 nitrogen and oxygen atoms in total. The molecule has 0 aliphatic carbocycles. The Balaban J connectivity index is 1.97. The normalized spacial score (nSPS) is 23.1. The Morgan fingerprint density at radius 3 is 3.14 bits per heavy atom. The van der Waals surface area contributed by atoms with Crippen LogP contribution in [0.1, 0.15) is 19.0 Å². The smallest absolute Gasteiger partial charge is 0.0524 e. The highest BCUT2D eigenvalue weighted by Crippen LogP contribution is 2.11. The second-order valence-corrected chi connectivity index (χ2v) is 3.92. The summed E-state index contributed by atoms with van der Waals surface area (Å²) in [5.41, 5.74) is 7.15. The van der Waals surface area contributed by atoms with E-state index in [2.05, 4.69) is 23.0 Å². The summed E-state index contributed by atoms with van der Waals surface area (Å²) in [5, 5.41) is 4.25. The van der Waals surface area contributed by atoms with Crippen LogP contribution in [-0.4, -0.2) is 33.8 Å². The van der Waals surface area contributed by atoms with E-state index >= 15 is 0 Å². The zero-order chi connectivity index (χ0) is 9.97. The van der Waals surface area contributed by atoms with Crippen LogP contribution in [0.5, 0.6) is 0 Å². The van der Waals surface area contributed by atoms with Gasteiger partial charge in [-0.1, -0.05) is 0 Å². The summed E-state index contributed by atoms with van der Waals surface area (Å²) in [7, 11) is 0. The van der Waals surface area contributed by atoms with Crippen molar-refractivity contribution in [3.8, 4) is 0 Å². The minimum Gasteiger partial charge on any atom is -0.326 e. The van der Waals surface area contributed by atoms with Crippen molar-refractivity contribution in [2.75, 3.05) is 13.1 Å². The number of hydrogen-bond donors (Lipinski definition) is 1. The molecule has 0 amide bonds. The summed E-state index contributed by atoms with van der Waals surface area (Å²) in [4.78, 5) is 2.40. The Morgan fingerprint density at radius 2 is 2.50 bits per heavy atom. The molecule has 1 aromatic heterocycles. The van der Waals surface area contributed by atoms with Crippen molar-refractivity contribution in [3.63, 3.8) is 0 Å². The highest BCUT2D eigenvalue weighted by Gasteiger charge is 2.19. The fraction of sp³-hybridized carbons (Fsp3) is 0.700. The van der Waals surface area contributed by atoms with E-state index in [1.54, 1.807) is 0 Å². The molecule has 1 aromatic rings. The molecule has 2 heterocycles. The van der Waals surface area contributed by atoms with E-state index in [1.165, 1.54) is 5.69 Å². The van der Waals surface area contributed by atoms with Gasteiger partial charge in [-0.25, -0.2) is 0 Å². The maximum atomic E-state index is 5.86. The first-order valence-corrected chi connectivity index (χ1v) is 5.28. The number of hydrogen-bond acceptors (Lipinski definition) is 3. The van der Waals surface area contributed by atoms with E-state index in [0.29, 0.717) is 6.04 Å². The third-order valence-corrected chi connectivity index (χ3v) is 2.80. The van der Waals surface area contributed by atoms with Gasteiger partial charge in [-0.05, 0) is 19.4 Å². The van der Waals surface area contributed by atoms with Crippen molar-refractivity contribution in [3.05, 3.63) is 18.0 Å². The van der Waals surface area contributed by atoms with Crippen LogP contribution in [0.15, 0.2) is 12.3 Å². The van der Waals surface area contributed by atoms with Crippen LogP contribution in [-0.2, 0) is 13.1 Å². The topological polar surface area (TPSA) is 47.1 Å². The van der Waals surface area contributed by atoms with Gasteiger partial charge in [0.25, 0.3) is 0 Å². The molecule has 1 fully saturated rings. The van der Waals surface area contributed by atoms with Gasteiger partial charge in [0.05, 0.1) is 5.69 Å². The molecule has 0 aromatic carbocycles. The number of nitrogens with two attached hydrogens (primary N) is 1. The molecule has 2 rings (SSSR count). The monoisotopic (exact) mass is 194 g/mol. The van der Waals surface area contributed by atoms with Crippen molar-refractivity contribution in [2.45, 2.75) is 32.5 Å². The van der Waals surface area contributed by atoms with Crippen molar-refractivity contribution < 1.29 is 0 Å². The summed E-state index contributed by atoms with van der Waals surface area (Å²) in [6, 6.07) is 2.46. The SMILES string of the molecule is CCn1nccc1CN1CC[C@@H](N)C1. The molecule has 1 saturated heterocycles. The lowest BCUT2D eigenvalue weighted by Gasteiger charge is -2.15. The second-order valence-electron chi connectivity index (χ2n) is 3.92. The number of aryl methyl sites for hydroxylation is 1. The Labute approximate surface area is 84.7 Å². The van der Waals surface area contributed by atoms with Gasteiger partial charge in [0.2, 0.25) is 0 Å². The average molecular weight is 194 g/mol. The van der Waals surface area contributed by atoms with Crippen LogP contribution in [0.4, 0.5) is 0 Å². The molecule has 1 aliphatic heterocycles.